The lowest BCUT2D eigenvalue weighted by Gasteiger charge is -2.22. The van der Waals surface area contributed by atoms with E-state index in [-0.39, 0.29) is 19.4 Å². The third kappa shape index (κ3) is 5.72. The Hall–Kier alpha value is -2.39. The van der Waals surface area contributed by atoms with E-state index in [2.05, 4.69) is 0 Å². The van der Waals surface area contributed by atoms with Crippen molar-refractivity contribution in [1.29, 1.82) is 0 Å². The molecule has 0 radical (unpaired) electrons. The fraction of sp³-hybridized carbons (Fsp3) is 0.385. The van der Waals surface area contributed by atoms with Gasteiger partial charge in [-0.1, -0.05) is 12.1 Å². The van der Waals surface area contributed by atoms with Crippen molar-refractivity contribution in [3.05, 3.63) is 35.4 Å². The van der Waals surface area contributed by atoms with E-state index in [9.17, 15) is 31.5 Å². The van der Waals surface area contributed by atoms with E-state index in [0.29, 0.717) is 12.1 Å². The first-order valence-corrected chi connectivity index (χ1v) is 6.39. The fourth-order valence-electron chi connectivity index (χ4n) is 1.70. The molecule has 1 rings (SSSR count). The quantitative estimate of drug-likeness (QED) is 0.550. The van der Waals surface area contributed by atoms with Gasteiger partial charge in [-0.3, -0.25) is 4.79 Å². The van der Waals surface area contributed by atoms with Gasteiger partial charge in [0.1, 0.15) is 0 Å². The summed E-state index contributed by atoms with van der Waals surface area (Å²) in [4.78, 5) is 21.7. The first kappa shape index (κ1) is 18.7. The van der Waals surface area contributed by atoms with E-state index in [4.69, 9.17) is 5.11 Å². The zero-order valence-corrected chi connectivity index (χ0v) is 11.6. The maximum Gasteiger partial charge on any atom is 0.413 e. The van der Waals surface area contributed by atoms with Gasteiger partial charge in [-0.25, -0.2) is 13.6 Å². The number of carboxylic acid groups (broad SMARTS) is 1. The number of carbonyl (C=O) groups is 2. The van der Waals surface area contributed by atoms with E-state index in [1.54, 1.807) is 0 Å². The molecule has 3 N–H and O–H groups in total. The minimum absolute atomic E-state index is 0.00770. The Balaban J connectivity index is 2.79. The standard InChI is InChI=1S/C13H13F5N2O3/c14-8-4-1-3-7(10(8)15)11(13(16,17)18)20-12(23)19-6-2-5-9(21)22/h1,3-4,11H,2,5-6H2,(H,21,22)(H2,19,20,23). The summed E-state index contributed by atoms with van der Waals surface area (Å²) < 4.78 is 65.5. The van der Waals surface area contributed by atoms with Gasteiger partial charge in [0.2, 0.25) is 0 Å². The van der Waals surface area contributed by atoms with Crippen LogP contribution in [0.5, 0.6) is 0 Å². The largest absolute Gasteiger partial charge is 0.481 e. The van der Waals surface area contributed by atoms with Gasteiger partial charge in [-0.2, -0.15) is 13.2 Å². The topological polar surface area (TPSA) is 78.4 Å². The van der Waals surface area contributed by atoms with Gasteiger partial charge in [0, 0.05) is 18.5 Å². The summed E-state index contributed by atoms with van der Waals surface area (Å²) in [6.07, 6.45) is -5.32. The molecule has 0 heterocycles. The number of halogens is 5. The first-order valence-electron chi connectivity index (χ1n) is 6.39. The third-order valence-electron chi connectivity index (χ3n) is 2.75. The average molecular weight is 340 g/mol. The van der Waals surface area contributed by atoms with Crippen LogP contribution in [0.4, 0.5) is 26.7 Å². The average Bonchev–Trinajstić information content (AvgIpc) is 2.43. The zero-order chi connectivity index (χ0) is 17.6. The summed E-state index contributed by atoms with van der Waals surface area (Å²) in [5.74, 6) is -4.30. The number of aliphatic carboxylic acids is 1. The van der Waals surface area contributed by atoms with Crippen LogP contribution in [0.25, 0.3) is 0 Å². The van der Waals surface area contributed by atoms with Crippen LogP contribution in [-0.2, 0) is 4.79 Å². The zero-order valence-electron chi connectivity index (χ0n) is 11.6. The van der Waals surface area contributed by atoms with E-state index in [1.165, 1.54) is 5.32 Å². The van der Waals surface area contributed by atoms with E-state index >= 15 is 0 Å². The molecule has 0 aromatic heterocycles. The Bertz CT molecular complexity index is 577. The monoisotopic (exact) mass is 340 g/mol. The number of hydrogen-bond acceptors (Lipinski definition) is 2. The highest BCUT2D eigenvalue weighted by molar-refractivity contribution is 5.74. The summed E-state index contributed by atoms with van der Waals surface area (Å²) >= 11 is 0. The molecule has 23 heavy (non-hydrogen) atoms. The number of alkyl halides is 3. The SMILES string of the molecule is O=C(O)CCCNC(=O)NC(c1cccc(F)c1F)C(F)(F)F. The Morgan fingerprint density at radius 2 is 1.87 bits per heavy atom. The number of amides is 2. The second-order valence-corrected chi connectivity index (χ2v) is 4.52. The predicted octanol–water partition coefficient (Wildman–Crippen LogP) is 2.73. The van der Waals surface area contributed by atoms with Gasteiger partial charge < -0.3 is 15.7 Å². The van der Waals surface area contributed by atoms with Crippen molar-refractivity contribution < 1.29 is 36.6 Å². The van der Waals surface area contributed by atoms with Crippen molar-refractivity contribution >= 4 is 12.0 Å². The number of carbonyl (C=O) groups excluding carboxylic acids is 1. The summed E-state index contributed by atoms with van der Waals surface area (Å²) in [5.41, 5.74) is -1.06. The lowest BCUT2D eigenvalue weighted by atomic mass is 10.1. The van der Waals surface area contributed by atoms with Gasteiger partial charge in [-0.15, -0.1) is 0 Å². The van der Waals surface area contributed by atoms with Crippen LogP contribution in [0, 0.1) is 11.6 Å². The number of hydrogen-bond donors (Lipinski definition) is 3. The fourth-order valence-corrected chi connectivity index (χ4v) is 1.70. The highest BCUT2D eigenvalue weighted by atomic mass is 19.4. The number of rotatable bonds is 6. The molecule has 5 nitrogen and oxygen atoms in total. The van der Waals surface area contributed by atoms with Crippen molar-refractivity contribution in [1.82, 2.24) is 10.6 Å². The van der Waals surface area contributed by atoms with Crippen LogP contribution < -0.4 is 10.6 Å². The van der Waals surface area contributed by atoms with E-state index in [1.807, 2.05) is 5.32 Å². The minimum Gasteiger partial charge on any atom is -0.481 e. The Morgan fingerprint density at radius 3 is 2.43 bits per heavy atom. The smallest absolute Gasteiger partial charge is 0.413 e. The van der Waals surface area contributed by atoms with Crippen molar-refractivity contribution in [2.45, 2.75) is 25.1 Å². The normalized spacial score (nSPS) is 12.6. The Labute approximate surface area is 127 Å². The Kier molecular flexibility index (Phi) is 6.28. The molecule has 1 aromatic rings. The van der Waals surface area contributed by atoms with Crippen molar-refractivity contribution in [2.75, 3.05) is 6.54 Å². The molecular weight excluding hydrogens is 327 g/mol. The molecule has 2 amide bonds. The number of carboxylic acids is 1. The number of urea groups is 1. The van der Waals surface area contributed by atoms with E-state index in [0.717, 1.165) is 6.07 Å². The molecule has 0 aliphatic carbocycles. The lowest BCUT2D eigenvalue weighted by molar-refractivity contribution is -0.155. The summed E-state index contributed by atoms with van der Waals surface area (Å²) in [7, 11) is 0. The van der Waals surface area contributed by atoms with Crippen molar-refractivity contribution in [3.63, 3.8) is 0 Å². The maximum absolute atomic E-state index is 13.5. The number of benzene rings is 1. The molecule has 0 aliphatic rings. The maximum atomic E-state index is 13.5. The van der Waals surface area contributed by atoms with Crippen LogP contribution >= 0.6 is 0 Å². The van der Waals surface area contributed by atoms with Crippen LogP contribution in [0.2, 0.25) is 0 Å². The van der Waals surface area contributed by atoms with Crippen LogP contribution in [0.1, 0.15) is 24.4 Å². The molecule has 0 saturated heterocycles. The van der Waals surface area contributed by atoms with Gasteiger partial charge in [0.05, 0.1) is 0 Å². The second kappa shape index (κ2) is 7.75. The Morgan fingerprint density at radius 1 is 1.22 bits per heavy atom. The molecular formula is C13H13F5N2O3. The number of nitrogens with one attached hydrogen (secondary N) is 2. The molecule has 1 unspecified atom stereocenters. The van der Waals surface area contributed by atoms with Crippen molar-refractivity contribution in [2.24, 2.45) is 0 Å². The van der Waals surface area contributed by atoms with Gasteiger partial charge in [0.25, 0.3) is 0 Å². The molecule has 0 fully saturated rings. The summed E-state index contributed by atoms with van der Waals surface area (Å²) in [6.45, 7) is -0.186. The molecule has 1 aromatic carbocycles. The van der Waals surface area contributed by atoms with Gasteiger partial charge in [-0.05, 0) is 12.5 Å². The van der Waals surface area contributed by atoms with Gasteiger partial charge >= 0.3 is 18.2 Å². The summed E-state index contributed by atoms with van der Waals surface area (Å²) in [5, 5.41) is 11.9. The second-order valence-electron chi connectivity index (χ2n) is 4.52. The molecule has 1 atom stereocenters. The molecule has 0 aliphatic heterocycles. The molecule has 0 bridgehead atoms. The molecule has 0 spiro atoms. The summed E-state index contributed by atoms with van der Waals surface area (Å²) in [6, 6.07) is -1.77. The minimum atomic E-state index is -5.05. The van der Waals surface area contributed by atoms with E-state index < -0.39 is 41.4 Å². The highest BCUT2D eigenvalue weighted by Crippen LogP contribution is 2.34. The lowest BCUT2D eigenvalue weighted by Crippen LogP contribution is -2.44. The first-order chi connectivity index (χ1) is 10.6. The molecule has 0 saturated carbocycles. The van der Waals surface area contributed by atoms with Gasteiger partial charge in [0.15, 0.2) is 17.7 Å². The predicted molar refractivity (Wildman–Crippen MR) is 68.6 cm³/mol. The highest BCUT2D eigenvalue weighted by Gasteiger charge is 2.43. The van der Waals surface area contributed by atoms with Crippen LogP contribution in [0.15, 0.2) is 18.2 Å². The third-order valence-corrected chi connectivity index (χ3v) is 2.75. The van der Waals surface area contributed by atoms with Crippen molar-refractivity contribution in [3.8, 4) is 0 Å². The molecule has 128 valence electrons. The molecule has 10 heteroatoms. The van der Waals surface area contributed by atoms with Crippen LogP contribution in [0.3, 0.4) is 0 Å². The van der Waals surface area contributed by atoms with Crippen LogP contribution in [-0.4, -0.2) is 29.8 Å².